The first kappa shape index (κ1) is 23.0. The number of anilines is 2. The quantitative estimate of drug-likeness (QED) is 0.429. The molecule has 1 N–H and O–H groups in total. The van der Waals surface area contributed by atoms with Crippen LogP contribution in [0.5, 0.6) is 5.75 Å². The standard InChI is InChI=1S/C26H25FN4O3S/c1-34-21-10-8-20(9-11-21)28-24(32)18-3-2-13-30(16-18)26-29-22-12-14-35-23(22)25(33)31(26)15-17-4-6-19(27)7-5-17/h4-12,14,18H,2-3,13,15-16H2,1H3,(H,28,32). The van der Waals surface area contributed by atoms with Crippen molar-refractivity contribution in [1.82, 2.24) is 9.55 Å². The Balaban J connectivity index is 1.41. The highest BCUT2D eigenvalue weighted by molar-refractivity contribution is 7.17. The molecule has 4 aromatic rings. The molecular formula is C26H25FN4O3S. The largest absolute Gasteiger partial charge is 0.497 e. The summed E-state index contributed by atoms with van der Waals surface area (Å²) < 4.78 is 20.8. The average molecular weight is 493 g/mol. The number of aromatic nitrogens is 2. The van der Waals surface area contributed by atoms with Crippen LogP contribution in [-0.4, -0.2) is 35.7 Å². The van der Waals surface area contributed by atoms with Crippen molar-refractivity contribution in [3.05, 3.63) is 81.7 Å². The summed E-state index contributed by atoms with van der Waals surface area (Å²) in [6.07, 6.45) is 1.55. The van der Waals surface area contributed by atoms with Gasteiger partial charge in [0.25, 0.3) is 5.56 Å². The molecule has 0 aliphatic carbocycles. The highest BCUT2D eigenvalue weighted by atomic mass is 32.1. The maximum Gasteiger partial charge on any atom is 0.273 e. The molecule has 35 heavy (non-hydrogen) atoms. The number of amides is 1. The van der Waals surface area contributed by atoms with Gasteiger partial charge in [-0.2, -0.15) is 0 Å². The van der Waals surface area contributed by atoms with Crippen LogP contribution in [-0.2, 0) is 11.3 Å². The maximum atomic E-state index is 13.4. The van der Waals surface area contributed by atoms with Gasteiger partial charge in [0, 0.05) is 18.8 Å². The normalized spacial score (nSPS) is 15.8. The fourth-order valence-electron chi connectivity index (χ4n) is 4.38. The van der Waals surface area contributed by atoms with E-state index in [9.17, 15) is 14.0 Å². The number of nitrogens with one attached hydrogen (secondary N) is 1. The Kier molecular flexibility index (Phi) is 6.50. The molecule has 0 radical (unpaired) electrons. The second kappa shape index (κ2) is 9.87. The lowest BCUT2D eigenvalue weighted by atomic mass is 9.97. The van der Waals surface area contributed by atoms with Gasteiger partial charge in [0.2, 0.25) is 11.9 Å². The van der Waals surface area contributed by atoms with E-state index in [4.69, 9.17) is 9.72 Å². The number of halogens is 1. The van der Waals surface area contributed by atoms with Crippen molar-refractivity contribution in [3.8, 4) is 5.75 Å². The monoisotopic (exact) mass is 492 g/mol. The van der Waals surface area contributed by atoms with Gasteiger partial charge in [0.15, 0.2) is 0 Å². The second-order valence-corrected chi connectivity index (χ2v) is 9.48. The highest BCUT2D eigenvalue weighted by Gasteiger charge is 2.29. The first-order valence-electron chi connectivity index (χ1n) is 11.4. The molecule has 1 saturated heterocycles. The molecule has 180 valence electrons. The third-order valence-corrected chi connectivity index (χ3v) is 7.12. The molecule has 1 amide bonds. The Morgan fingerprint density at radius 2 is 1.94 bits per heavy atom. The smallest absolute Gasteiger partial charge is 0.273 e. The molecule has 0 saturated carbocycles. The molecule has 9 heteroatoms. The highest BCUT2D eigenvalue weighted by Crippen LogP contribution is 2.26. The van der Waals surface area contributed by atoms with E-state index >= 15 is 0 Å². The minimum atomic E-state index is -0.324. The molecule has 0 bridgehead atoms. The Bertz CT molecular complexity index is 1400. The molecule has 1 aliphatic rings. The number of rotatable bonds is 6. The van der Waals surface area contributed by atoms with Gasteiger partial charge in [-0.05, 0) is 66.2 Å². The molecular weight excluding hydrogens is 467 g/mol. The van der Waals surface area contributed by atoms with Gasteiger partial charge in [-0.25, -0.2) is 9.37 Å². The van der Waals surface area contributed by atoms with Gasteiger partial charge >= 0.3 is 0 Å². The molecule has 5 rings (SSSR count). The van der Waals surface area contributed by atoms with E-state index in [1.165, 1.54) is 23.5 Å². The number of benzene rings is 2. The third-order valence-electron chi connectivity index (χ3n) is 6.23. The van der Waals surface area contributed by atoms with E-state index in [-0.39, 0.29) is 29.7 Å². The van der Waals surface area contributed by atoms with Crippen LogP contribution in [0.3, 0.4) is 0 Å². The van der Waals surface area contributed by atoms with Gasteiger partial charge in [0.1, 0.15) is 16.3 Å². The number of carbonyl (C=O) groups is 1. The number of fused-ring (bicyclic) bond motifs is 1. The number of piperidine rings is 1. The van der Waals surface area contributed by atoms with Crippen molar-refractivity contribution in [3.63, 3.8) is 0 Å². The van der Waals surface area contributed by atoms with Crippen LogP contribution < -0.4 is 20.5 Å². The molecule has 3 heterocycles. The zero-order chi connectivity index (χ0) is 24.4. The first-order chi connectivity index (χ1) is 17.0. The number of carbonyl (C=O) groups excluding carboxylic acids is 1. The van der Waals surface area contributed by atoms with Gasteiger partial charge in [-0.1, -0.05) is 12.1 Å². The number of hydrogen-bond donors (Lipinski definition) is 1. The van der Waals surface area contributed by atoms with E-state index in [1.807, 2.05) is 28.5 Å². The molecule has 2 aromatic heterocycles. The second-order valence-electron chi connectivity index (χ2n) is 8.57. The van der Waals surface area contributed by atoms with E-state index in [2.05, 4.69) is 5.32 Å². The van der Waals surface area contributed by atoms with Crippen LogP contribution in [0.2, 0.25) is 0 Å². The predicted octanol–water partition coefficient (Wildman–Crippen LogP) is 4.51. The predicted molar refractivity (Wildman–Crippen MR) is 136 cm³/mol. The van der Waals surface area contributed by atoms with E-state index < -0.39 is 0 Å². The molecule has 0 spiro atoms. The van der Waals surface area contributed by atoms with Crippen molar-refractivity contribution in [2.24, 2.45) is 5.92 Å². The summed E-state index contributed by atoms with van der Waals surface area (Å²) in [6, 6.07) is 15.2. The zero-order valence-corrected chi connectivity index (χ0v) is 20.1. The number of hydrogen-bond acceptors (Lipinski definition) is 6. The SMILES string of the molecule is COc1ccc(NC(=O)C2CCCN(c3nc4ccsc4c(=O)n3Cc3ccc(F)cc3)C2)cc1. The van der Waals surface area contributed by atoms with Crippen LogP contribution in [0, 0.1) is 11.7 Å². The summed E-state index contributed by atoms with van der Waals surface area (Å²) in [7, 11) is 1.60. The molecule has 1 fully saturated rings. The molecule has 1 unspecified atom stereocenters. The van der Waals surface area contributed by atoms with E-state index in [0.717, 1.165) is 24.2 Å². The summed E-state index contributed by atoms with van der Waals surface area (Å²) in [6.45, 7) is 1.42. The van der Waals surface area contributed by atoms with Gasteiger partial charge in [-0.15, -0.1) is 11.3 Å². The lowest BCUT2D eigenvalue weighted by Crippen LogP contribution is -2.43. The molecule has 1 aliphatic heterocycles. The number of nitrogens with zero attached hydrogens (tertiary/aromatic N) is 3. The van der Waals surface area contributed by atoms with Crippen LogP contribution in [0.1, 0.15) is 18.4 Å². The Hall–Kier alpha value is -3.72. The lowest BCUT2D eigenvalue weighted by Gasteiger charge is -2.34. The molecule has 2 aromatic carbocycles. The summed E-state index contributed by atoms with van der Waals surface area (Å²) in [4.78, 5) is 33.3. The van der Waals surface area contributed by atoms with Crippen LogP contribution in [0.25, 0.3) is 10.2 Å². The first-order valence-corrected chi connectivity index (χ1v) is 12.3. The van der Waals surface area contributed by atoms with Crippen LogP contribution in [0.15, 0.2) is 64.8 Å². The van der Waals surface area contributed by atoms with Crippen molar-refractivity contribution in [2.75, 3.05) is 30.4 Å². The van der Waals surface area contributed by atoms with Gasteiger partial charge < -0.3 is 15.0 Å². The van der Waals surface area contributed by atoms with Crippen molar-refractivity contribution in [1.29, 1.82) is 0 Å². The summed E-state index contributed by atoms with van der Waals surface area (Å²) in [5.41, 5.74) is 2.03. The fourth-order valence-corrected chi connectivity index (χ4v) is 5.16. The Morgan fingerprint density at radius 3 is 2.69 bits per heavy atom. The fraction of sp³-hybridized carbons (Fsp3) is 0.269. The van der Waals surface area contributed by atoms with Gasteiger partial charge in [-0.3, -0.25) is 14.2 Å². The number of methoxy groups -OCH3 is 1. The molecule has 7 nitrogen and oxygen atoms in total. The minimum absolute atomic E-state index is 0.0658. The third kappa shape index (κ3) is 4.90. The van der Waals surface area contributed by atoms with Crippen LogP contribution >= 0.6 is 11.3 Å². The Labute approximate surface area is 205 Å². The van der Waals surface area contributed by atoms with E-state index in [1.54, 1.807) is 35.9 Å². The minimum Gasteiger partial charge on any atom is -0.497 e. The summed E-state index contributed by atoms with van der Waals surface area (Å²) in [5.74, 6) is 0.618. The van der Waals surface area contributed by atoms with Crippen LogP contribution in [0.4, 0.5) is 16.0 Å². The van der Waals surface area contributed by atoms with Crippen molar-refractivity contribution < 1.29 is 13.9 Å². The number of thiophene rings is 1. The van der Waals surface area contributed by atoms with Crippen molar-refractivity contribution >= 4 is 39.1 Å². The summed E-state index contributed by atoms with van der Waals surface area (Å²) in [5, 5.41) is 4.84. The van der Waals surface area contributed by atoms with E-state index in [0.29, 0.717) is 34.9 Å². The molecule has 1 atom stereocenters. The lowest BCUT2D eigenvalue weighted by molar-refractivity contribution is -0.120. The Morgan fingerprint density at radius 1 is 1.17 bits per heavy atom. The topological polar surface area (TPSA) is 76.5 Å². The average Bonchev–Trinajstić information content (AvgIpc) is 3.36. The van der Waals surface area contributed by atoms with Gasteiger partial charge in [0.05, 0.1) is 25.1 Å². The maximum absolute atomic E-state index is 13.4. The zero-order valence-electron chi connectivity index (χ0n) is 19.2. The number of ether oxygens (including phenoxy) is 1. The van der Waals surface area contributed by atoms with Crippen molar-refractivity contribution in [2.45, 2.75) is 19.4 Å². The summed E-state index contributed by atoms with van der Waals surface area (Å²) >= 11 is 1.36.